The van der Waals surface area contributed by atoms with Gasteiger partial charge in [-0.1, -0.05) is 35.7 Å². The van der Waals surface area contributed by atoms with Crippen molar-refractivity contribution in [3.8, 4) is 0 Å². The largest absolute Gasteiger partial charge is 0.391 e. The van der Waals surface area contributed by atoms with Gasteiger partial charge in [0.15, 0.2) is 0 Å². The Morgan fingerprint density at radius 1 is 1.16 bits per heavy atom. The van der Waals surface area contributed by atoms with Gasteiger partial charge in [0.2, 0.25) is 5.95 Å². The number of carbonyl (C=O) groups excluding carboxylic acids is 1. The Balaban J connectivity index is 1.53. The summed E-state index contributed by atoms with van der Waals surface area (Å²) in [7, 11) is 1.81. The van der Waals surface area contributed by atoms with E-state index in [1.54, 1.807) is 41.0 Å². The maximum Gasteiger partial charge on any atom is 0.391 e. The van der Waals surface area contributed by atoms with Gasteiger partial charge in [0.25, 0.3) is 5.91 Å². The number of anilines is 2. The molecule has 0 spiro atoms. The fraction of sp³-hybridized carbons (Fsp3) is 0.364. The van der Waals surface area contributed by atoms with Crippen LogP contribution in [0.5, 0.6) is 0 Å². The molecule has 32 heavy (non-hydrogen) atoms. The van der Waals surface area contributed by atoms with Crippen molar-refractivity contribution in [2.75, 3.05) is 5.32 Å². The quantitative estimate of drug-likeness (QED) is 0.445. The Morgan fingerprint density at radius 3 is 2.56 bits per heavy atom. The summed E-state index contributed by atoms with van der Waals surface area (Å²) in [4.78, 5) is 17.2. The molecule has 3 aromatic rings. The molecule has 1 fully saturated rings. The number of hydrogen-bond donors (Lipinski definition) is 2. The van der Waals surface area contributed by atoms with Gasteiger partial charge in [0, 0.05) is 18.7 Å². The predicted molar refractivity (Wildman–Crippen MR) is 120 cm³/mol. The van der Waals surface area contributed by atoms with E-state index >= 15 is 0 Å². The molecule has 2 aromatic carbocycles. The predicted octanol–water partition coefficient (Wildman–Crippen LogP) is 6.47. The van der Waals surface area contributed by atoms with Gasteiger partial charge in [-0.05, 0) is 49.6 Å². The van der Waals surface area contributed by atoms with Crippen LogP contribution in [0.3, 0.4) is 0 Å². The van der Waals surface area contributed by atoms with Crippen LogP contribution in [0.15, 0.2) is 36.4 Å². The summed E-state index contributed by atoms with van der Waals surface area (Å²) in [5.41, 5.74) is 2.18. The second-order valence-corrected chi connectivity index (χ2v) is 8.81. The molecule has 0 saturated heterocycles. The minimum atomic E-state index is -4.23. The molecule has 2 N–H and O–H groups in total. The number of imidazole rings is 1. The summed E-state index contributed by atoms with van der Waals surface area (Å²) in [6, 6.07) is 9.64. The first-order valence-corrected chi connectivity index (χ1v) is 10.9. The number of benzene rings is 2. The lowest BCUT2D eigenvalue weighted by Gasteiger charge is -2.31. The number of rotatable bonds is 4. The second-order valence-electron chi connectivity index (χ2n) is 8.00. The SMILES string of the molecule is Cn1c(Nc2c(Cl)cccc2Cl)nc2cc(C(=O)NC3CCCC(C(F)(F)F)C3)ccc21. The van der Waals surface area contributed by atoms with Crippen molar-refractivity contribution in [1.82, 2.24) is 14.9 Å². The molecule has 170 valence electrons. The van der Waals surface area contributed by atoms with E-state index in [0.29, 0.717) is 45.6 Å². The van der Waals surface area contributed by atoms with Crippen molar-refractivity contribution in [1.29, 1.82) is 0 Å². The van der Waals surface area contributed by atoms with E-state index in [0.717, 1.165) is 5.52 Å². The Kier molecular flexibility index (Phi) is 6.27. The van der Waals surface area contributed by atoms with E-state index in [1.807, 2.05) is 7.05 Å². The molecule has 0 bridgehead atoms. The third kappa shape index (κ3) is 4.66. The first-order valence-electron chi connectivity index (χ1n) is 10.2. The maximum absolute atomic E-state index is 13.1. The van der Waals surface area contributed by atoms with Crippen molar-refractivity contribution in [2.24, 2.45) is 13.0 Å². The number of carbonyl (C=O) groups is 1. The van der Waals surface area contributed by atoms with Crippen LogP contribution < -0.4 is 10.6 Å². The monoisotopic (exact) mass is 484 g/mol. The summed E-state index contributed by atoms with van der Waals surface area (Å²) in [5.74, 6) is -1.30. The van der Waals surface area contributed by atoms with Crippen LogP contribution in [0.4, 0.5) is 24.8 Å². The van der Waals surface area contributed by atoms with Crippen LogP contribution in [-0.2, 0) is 7.05 Å². The number of nitrogens with one attached hydrogen (secondary N) is 2. The number of aryl methyl sites for hydroxylation is 1. The first kappa shape index (κ1) is 22.7. The number of fused-ring (bicyclic) bond motifs is 1. The molecule has 1 amide bonds. The van der Waals surface area contributed by atoms with E-state index in [2.05, 4.69) is 15.6 Å². The zero-order chi connectivity index (χ0) is 23.0. The smallest absolute Gasteiger partial charge is 0.349 e. The third-order valence-corrected chi connectivity index (χ3v) is 6.44. The number of aromatic nitrogens is 2. The van der Waals surface area contributed by atoms with Gasteiger partial charge in [0.1, 0.15) is 0 Å². The molecular formula is C22H21Cl2F3N4O. The van der Waals surface area contributed by atoms with Crippen LogP contribution in [0.25, 0.3) is 11.0 Å². The number of halogens is 5. The lowest BCUT2D eigenvalue weighted by molar-refractivity contribution is -0.183. The van der Waals surface area contributed by atoms with Crippen LogP contribution in [0, 0.1) is 5.92 Å². The molecule has 0 radical (unpaired) electrons. The van der Waals surface area contributed by atoms with E-state index in [1.165, 1.54) is 0 Å². The molecular weight excluding hydrogens is 464 g/mol. The number of hydrogen-bond acceptors (Lipinski definition) is 3. The molecule has 5 nitrogen and oxygen atoms in total. The zero-order valence-electron chi connectivity index (χ0n) is 17.1. The molecule has 4 rings (SSSR count). The van der Waals surface area contributed by atoms with Gasteiger partial charge in [0.05, 0.1) is 32.7 Å². The molecule has 1 aliphatic carbocycles. The Labute approximate surface area is 192 Å². The molecule has 1 saturated carbocycles. The first-order chi connectivity index (χ1) is 15.1. The summed E-state index contributed by atoms with van der Waals surface area (Å²) in [5, 5.41) is 6.74. The Bertz CT molecular complexity index is 1140. The molecule has 1 aromatic heterocycles. The van der Waals surface area contributed by atoms with Crippen molar-refractivity contribution in [2.45, 2.75) is 37.9 Å². The molecule has 0 aliphatic heterocycles. The van der Waals surface area contributed by atoms with Crippen LogP contribution in [-0.4, -0.2) is 27.7 Å². The van der Waals surface area contributed by atoms with E-state index in [9.17, 15) is 18.0 Å². The molecule has 2 unspecified atom stereocenters. The molecule has 1 aliphatic rings. The Hall–Kier alpha value is -2.45. The average molecular weight is 485 g/mol. The Morgan fingerprint density at radius 2 is 1.88 bits per heavy atom. The van der Waals surface area contributed by atoms with Crippen molar-refractivity contribution >= 4 is 51.8 Å². The van der Waals surface area contributed by atoms with E-state index < -0.39 is 24.0 Å². The topological polar surface area (TPSA) is 59.0 Å². The summed E-state index contributed by atoms with van der Waals surface area (Å²) < 4.78 is 40.9. The van der Waals surface area contributed by atoms with Gasteiger partial charge < -0.3 is 15.2 Å². The van der Waals surface area contributed by atoms with Crippen molar-refractivity contribution in [3.63, 3.8) is 0 Å². The highest BCUT2D eigenvalue weighted by atomic mass is 35.5. The van der Waals surface area contributed by atoms with Crippen molar-refractivity contribution in [3.05, 3.63) is 52.0 Å². The third-order valence-electron chi connectivity index (χ3n) is 5.81. The van der Waals surface area contributed by atoms with Gasteiger partial charge in [-0.3, -0.25) is 4.79 Å². The molecule has 1 heterocycles. The second kappa shape index (κ2) is 8.83. The average Bonchev–Trinajstić information content (AvgIpc) is 3.05. The van der Waals surface area contributed by atoms with Crippen LogP contribution >= 0.6 is 23.2 Å². The maximum atomic E-state index is 13.1. The van der Waals surface area contributed by atoms with Gasteiger partial charge in [-0.25, -0.2) is 4.98 Å². The van der Waals surface area contributed by atoms with E-state index in [-0.39, 0.29) is 12.8 Å². The lowest BCUT2D eigenvalue weighted by Crippen LogP contribution is -2.41. The fourth-order valence-corrected chi connectivity index (χ4v) is 4.56. The summed E-state index contributed by atoms with van der Waals surface area (Å²) in [6.07, 6.45) is -3.23. The summed E-state index contributed by atoms with van der Waals surface area (Å²) in [6.45, 7) is 0. The standard InChI is InChI=1S/C22H21Cl2F3N4O/c1-31-18-9-8-12(20(32)28-14-5-2-4-13(11-14)22(25,26)27)10-17(18)29-21(31)30-19-15(23)6-3-7-16(19)24/h3,6-10,13-14H,2,4-5,11H2,1H3,(H,28,32)(H,29,30). The van der Waals surface area contributed by atoms with Crippen LogP contribution in [0.1, 0.15) is 36.0 Å². The molecule has 2 atom stereocenters. The highest BCUT2D eigenvalue weighted by Crippen LogP contribution is 2.38. The minimum Gasteiger partial charge on any atom is -0.349 e. The van der Waals surface area contributed by atoms with Gasteiger partial charge in [-0.15, -0.1) is 0 Å². The number of para-hydroxylation sites is 1. The lowest BCUT2D eigenvalue weighted by atomic mass is 9.85. The minimum absolute atomic E-state index is 0.0895. The highest BCUT2D eigenvalue weighted by Gasteiger charge is 2.42. The number of alkyl halides is 3. The van der Waals surface area contributed by atoms with Gasteiger partial charge >= 0.3 is 6.18 Å². The summed E-state index contributed by atoms with van der Waals surface area (Å²) >= 11 is 12.4. The fourth-order valence-electron chi connectivity index (χ4n) is 4.07. The normalized spacial score (nSPS) is 19.2. The number of amides is 1. The van der Waals surface area contributed by atoms with E-state index in [4.69, 9.17) is 23.2 Å². The van der Waals surface area contributed by atoms with Crippen LogP contribution in [0.2, 0.25) is 10.0 Å². The van der Waals surface area contributed by atoms with Gasteiger partial charge in [-0.2, -0.15) is 13.2 Å². The van der Waals surface area contributed by atoms with Crippen molar-refractivity contribution < 1.29 is 18.0 Å². The zero-order valence-corrected chi connectivity index (χ0v) is 18.7. The number of nitrogens with zero attached hydrogens (tertiary/aromatic N) is 2. The highest BCUT2D eigenvalue weighted by molar-refractivity contribution is 6.39. The molecule has 10 heteroatoms.